The highest BCUT2D eigenvalue weighted by Crippen LogP contribution is 2.35. The lowest BCUT2D eigenvalue weighted by atomic mass is 10.1. The van der Waals surface area contributed by atoms with Crippen molar-refractivity contribution in [2.45, 2.75) is 25.1 Å². The maximum absolute atomic E-state index is 14.7. The van der Waals surface area contributed by atoms with E-state index in [2.05, 4.69) is 45.9 Å². The number of nitrogens with one attached hydrogen (secondary N) is 3. The molecule has 1 atom stereocenters. The minimum atomic E-state index is -4.67. The molecule has 1 aliphatic rings. The molecule has 1 unspecified atom stereocenters. The number of carboxylic acid groups (broad SMARTS) is 1. The van der Waals surface area contributed by atoms with E-state index in [1.165, 1.54) is 49.2 Å². The Morgan fingerprint density at radius 2 is 1.32 bits per heavy atom. The smallest absolute Gasteiger partial charge is 0.416 e. The molecule has 0 spiro atoms. The van der Waals surface area contributed by atoms with Crippen molar-refractivity contribution < 1.29 is 46.1 Å². The topological polar surface area (TPSA) is 186 Å². The van der Waals surface area contributed by atoms with E-state index in [9.17, 15) is 31.5 Å². The van der Waals surface area contributed by atoms with E-state index in [0.29, 0.717) is 34.9 Å². The van der Waals surface area contributed by atoms with Crippen molar-refractivity contribution in [1.29, 1.82) is 0 Å². The number of aromatic carboxylic acids is 1. The summed E-state index contributed by atoms with van der Waals surface area (Å²) < 4.78 is 80.3. The molecule has 1 amide bonds. The normalized spacial score (nSPS) is 13.3. The van der Waals surface area contributed by atoms with Gasteiger partial charge in [0.1, 0.15) is 48.3 Å². The van der Waals surface area contributed by atoms with Gasteiger partial charge in [-0.25, -0.2) is 43.5 Å². The Morgan fingerprint density at radius 3 is 1.84 bits per heavy atom. The summed E-state index contributed by atoms with van der Waals surface area (Å²) in [5, 5.41) is 17.2. The quantitative estimate of drug-likeness (QED) is 0.0852. The summed E-state index contributed by atoms with van der Waals surface area (Å²) in [4.78, 5) is 48.5. The van der Waals surface area contributed by atoms with Crippen molar-refractivity contribution in [2.24, 2.45) is 0 Å². The van der Waals surface area contributed by atoms with Crippen molar-refractivity contribution in [3.63, 3.8) is 0 Å². The predicted octanol–water partition coefficient (Wildman–Crippen LogP) is 9.37. The van der Waals surface area contributed by atoms with Gasteiger partial charge in [0, 0.05) is 59.8 Å². The lowest BCUT2D eigenvalue weighted by Crippen LogP contribution is -2.17. The lowest BCUT2D eigenvalue weighted by molar-refractivity contribution is -0.137. The average molecular weight is 864 g/mol. The number of alkyl halides is 3. The zero-order valence-corrected chi connectivity index (χ0v) is 32.7. The standard InChI is InChI=1S/C28H23F4N5O3.C16H11FN4O2/c29-23-6-5-17(11-25(23)37-26-22(4-1-8-34-26)24-7-9-33-16-35-24)27(38)36-19-12-18(28(30,31)32)13-21(14-19)40-15-20-3-2-10-39-20;17-12-4-3-10(16(22)23)8-14(12)21-15-11(2-1-6-19-15)13-5-7-18-9-20-13/h1,4-9,11-14,16,20H,2-3,10,15H2,(H,34,37)(H,36,38);1-9H,(H,19,21)(H,22,23). The molecule has 1 aliphatic heterocycles. The molecule has 4 aromatic heterocycles. The van der Waals surface area contributed by atoms with Gasteiger partial charge in [-0.1, -0.05) is 0 Å². The molecule has 1 fully saturated rings. The number of hydrogen-bond acceptors (Lipinski definition) is 12. The van der Waals surface area contributed by atoms with Crippen LogP contribution in [0.3, 0.4) is 0 Å². The fourth-order valence-corrected chi connectivity index (χ4v) is 6.18. The average Bonchev–Trinajstić information content (AvgIpc) is 3.82. The molecule has 63 heavy (non-hydrogen) atoms. The highest BCUT2D eigenvalue weighted by Gasteiger charge is 2.32. The molecule has 0 aliphatic carbocycles. The van der Waals surface area contributed by atoms with Gasteiger partial charge >= 0.3 is 12.1 Å². The second-order valence-corrected chi connectivity index (χ2v) is 13.6. The summed E-state index contributed by atoms with van der Waals surface area (Å²) in [6, 6.07) is 20.3. The van der Waals surface area contributed by atoms with Gasteiger partial charge in [0.25, 0.3) is 5.91 Å². The maximum atomic E-state index is 14.7. The van der Waals surface area contributed by atoms with E-state index in [-0.39, 0.29) is 52.5 Å². The maximum Gasteiger partial charge on any atom is 0.416 e. The number of anilines is 5. The van der Waals surface area contributed by atoms with Crippen molar-refractivity contribution in [3.05, 3.63) is 157 Å². The van der Waals surface area contributed by atoms with E-state index in [1.807, 2.05) is 0 Å². The zero-order valence-electron chi connectivity index (χ0n) is 32.7. The summed E-state index contributed by atoms with van der Waals surface area (Å²) in [6.45, 7) is 0.668. The van der Waals surface area contributed by atoms with Crippen LogP contribution in [0.4, 0.5) is 50.6 Å². The molecule has 0 bridgehead atoms. The first-order valence-electron chi connectivity index (χ1n) is 19.0. The number of ether oxygens (including phenoxy) is 2. The highest BCUT2D eigenvalue weighted by atomic mass is 19.4. The first-order valence-corrected chi connectivity index (χ1v) is 19.0. The third-order valence-corrected chi connectivity index (χ3v) is 9.23. The molecular weight excluding hydrogens is 830 g/mol. The number of amides is 1. The Balaban J connectivity index is 0.000000219. The molecule has 8 rings (SSSR count). The minimum absolute atomic E-state index is 0.00246. The minimum Gasteiger partial charge on any atom is -0.491 e. The highest BCUT2D eigenvalue weighted by molar-refractivity contribution is 6.05. The number of halogens is 5. The number of carboxylic acids is 1. The van der Waals surface area contributed by atoms with Crippen LogP contribution < -0.4 is 20.7 Å². The molecule has 1 saturated heterocycles. The Kier molecular flexibility index (Phi) is 13.5. The Bertz CT molecular complexity index is 2710. The van der Waals surface area contributed by atoms with Crippen LogP contribution in [0, 0.1) is 11.6 Å². The number of hydrogen-bond donors (Lipinski definition) is 4. The number of aromatic nitrogens is 6. The van der Waals surface area contributed by atoms with Gasteiger partial charge in [-0.2, -0.15) is 13.2 Å². The fourth-order valence-electron chi connectivity index (χ4n) is 6.18. The third-order valence-electron chi connectivity index (χ3n) is 9.23. The Labute approximate surface area is 355 Å². The van der Waals surface area contributed by atoms with Gasteiger partial charge < -0.3 is 30.5 Å². The van der Waals surface area contributed by atoms with Crippen LogP contribution in [0.1, 0.15) is 39.1 Å². The van der Waals surface area contributed by atoms with Crippen molar-refractivity contribution in [2.75, 3.05) is 29.2 Å². The summed E-state index contributed by atoms with van der Waals surface area (Å²) in [7, 11) is 0. The molecule has 5 heterocycles. The molecule has 3 aromatic carbocycles. The summed E-state index contributed by atoms with van der Waals surface area (Å²) in [5.74, 6) is -2.53. The molecule has 0 radical (unpaired) electrons. The molecule has 14 nitrogen and oxygen atoms in total. The second-order valence-electron chi connectivity index (χ2n) is 13.6. The number of pyridine rings is 2. The second kappa shape index (κ2) is 19.6. The first-order chi connectivity index (χ1) is 30.4. The molecule has 0 saturated carbocycles. The Hall–Kier alpha value is -7.93. The van der Waals surface area contributed by atoms with Gasteiger partial charge in [0.05, 0.1) is 40.0 Å². The first kappa shape index (κ1) is 43.2. The molecular formula is C44H34F5N9O5. The predicted molar refractivity (Wildman–Crippen MR) is 221 cm³/mol. The van der Waals surface area contributed by atoms with Gasteiger partial charge in [-0.15, -0.1) is 0 Å². The van der Waals surface area contributed by atoms with Gasteiger partial charge in [-0.05, 0) is 97.8 Å². The van der Waals surface area contributed by atoms with Crippen LogP contribution in [0.2, 0.25) is 0 Å². The molecule has 320 valence electrons. The molecule has 4 N–H and O–H groups in total. The zero-order chi connectivity index (χ0) is 44.3. The van der Waals surface area contributed by atoms with Gasteiger partial charge in [0.2, 0.25) is 0 Å². The van der Waals surface area contributed by atoms with E-state index in [1.54, 1.807) is 55.0 Å². The largest absolute Gasteiger partial charge is 0.491 e. The molecule has 7 aromatic rings. The van der Waals surface area contributed by atoms with E-state index < -0.39 is 35.3 Å². The number of carbonyl (C=O) groups excluding carboxylic acids is 1. The number of nitrogens with zero attached hydrogens (tertiary/aromatic N) is 6. The fraction of sp³-hybridized carbons (Fsp3) is 0.136. The van der Waals surface area contributed by atoms with E-state index in [0.717, 1.165) is 37.1 Å². The number of carbonyl (C=O) groups is 2. The summed E-state index contributed by atoms with van der Waals surface area (Å²) >= 11 is 0. The van der Waals surface area contributed by atoms with E-state index >= 15 is 0 Å². The summed E-state index contributed by atoms with van der Waals surface area (Å²) in [6.07, 6.45) is 5.70. The van der Waals surface area contributed by atoms with Gasteiger partial charge in [0.15, 0.2) is 0 Å². The van der Waals surface area contributed by atoms with E-state index in [4.69, 9.17) is 14.6 Å². The van der Waals surface area contributed by atoms with Crippen molar-refractivity contribution >= 4 is 40.6 Å². The monoisotopic (exact) mass is 863 g/mol. The van der Waals surface area contributed by atoms with Crippen LogP contribution >= 0.6 is 0 Å². The third kappa shape index (κ3) is 11.3. The van der Waals surface area contributed by atoms with Crippen molar-refractivity contribution in [1.82, 2.24) is 29.9 Å². The van der Waals surface area contributed by atoms with Crippen LogP contribution in [-0.4, -0.2) is 66.2 Å². The van der Waals surface area contributed by atoms with Gasteiger partial charge in [-0.3, -0.25) is 4.79 Å². The van der Waals surface area contributed by atoms with Crippen LogP contribution in [0.5, 0.6) is 5.75 Å². The lowest BCUT2D eigenvalue weighted by Gasteiger charge is -2.16. The summed E-state index contributed by atoms with van der Waals surface area (Å²) in [5.41, 5.74) is 1.21. The van der Waals surface area contributed by atoms with Crippen LogP contribution in [-0.2, 0) is 10.9 Å². The Morgan fingerprint density at radius 1 is 0.730 bits per heavy atom. The molecule has 19 heteroatoms. The van der Waals surface area contributed by atoms with Crippen LogP contribution in [0.15, 0.2) is 128 Å². The number of benzene rings is 3. The number of rotatable bonds is 12. The SMILES string of the molecule is O=C(Nc1cc(OCC2CCCO2)cc(C(F)(F)F)c1)c1ccc(F)c(Nc2ncccc2-c2ccncn2)c1.O=C(O)c1ccc(F)c(Nc2ncccc2-c2ccncn2)c1. The van der Waals surface area contributed by atoms with Crippen molar-refractivity contribution in [3.8, 4) is 28.3 Å². The van der Waals surface area contributed by atoms with Crippen LogP contribution in [0.25, 0.3) is 22.5 Å².